The number of piperidine rings is 1. The van der Waals surface area contributed by atoms with Gasteiger partial charge in [-0.3, -0.25) is 4.79 Å². The Morgan fingerprint density at radius 3 is 2.47 bits per heavy atom. The van der Waals surface area contributed by atoms with Crippen LogP contribution in [0.1, 0.15) is 52.5 Å². The molecule has 1 saturated heterocycles. The molecular weight excluding hydrogens is 470 g/mol. The first-order chi connectivity index (χ1) is 17.1. The van der Waals surface area contributed by atoms with Crippen LogP contribution in [-0.2, 0) is 9.53 Å². The number of rotatable bonds is 4. The number of thioether (sulfide) groups is 1. The average Bonchev–Trinajstić information content (AvgIpc) is 2.83. The van der Waals surface area contributed by atoms with E-state index in [-0.39, 0.29) is 11.7 Å². The molecule has 0 aliphatic carbocycles. The minimum Gasteiger partial charge on any atom is -0.444 e. The predicted molar refractivity (Wildman–Crippen MR) is 150 cm³/mol. The Morgan fingerprint density at radius 2 is 1.83 bits per heavy atom. The van der Waals surface area contributed by atoms with Gasteiger partial charge in [-0.15, -0.1) is 0 Å². The molecule has 1 fully saturated rings. The molecule has 0 spiro atoms. The maximum absolute atomic E-state index is 11.7. The van der Waals surface area contributed by atoms with Crippen LogP contribution in [0.25, 0.3) is 4.91 Å². The van der Waals surface area contributed by atoms with Gasteiger partial charge in [0, 0.05) is 52.1 Å². The van der Waals surface area contributed by atoms with Crippen molar-refractivity contribution in [1.29, 1.82) is 0 Å². The molecule has 2 heterocycles. The van der Waals surface area contributed by atoms with Crippen molar-refractivity contribution in [3.05, 3.63) is 72.4 Å². The maximum atomic E-state index is 11.7. The number of likely N-dealkylation sites (tertiary alicyclic amines) is 1. The van der Waals surface area contributed by atoms with E-state index in [9.17, 15) is 9.59 Å². The zero-order chi connectivity index (χ0) is 26.3. The van der Waals surface area contributed by atoms with Crippen LogP contribution in [0, 0.1) is 0 Å². The number of likely N-dealkylation sites (N-methyl/N-ethyl adjacent to an activating group) is 1. The molecule has 2 aliphatic heterocycles. The Labute approximate surface area is 219 Å². The van der Waals surface area contributed by atoms with Crippen molar-refractivity contribution in [2.24, 2.45) is 0 Å². The van der Waals surface area contributed by atoms with Gasteiger partial charge in [-0.1, -0.05) is 36.5 Å². The number of hydrogen-bond acceptors (Lipinski definition) is 5. The van der Waals surface area contributed by atoms with Gasteiger partial charge < -0.3 is 19.9 Å². The van der Waals surface area contributed by atoms with E-state index in [2.05, 4.69) is 41.9 Å². The number of allylic oxidation sites excluding steroid dienone is 1. The molecule has 0 aromatic heterocycles. The number of nitrogens with one attached hydrogen (secondary N) is 1. The van der Waals surface area contributed by atoms with E-state index in [4.69, 9.17) is 4.74 Å². The second-order valence-corrected chi connectivity index (χ2v) is 11.1. The first-order valence-corrected chi connectivity index (χ1v) is 13.1. The van der Waals surface area contributed by atoms with Crippen LogP contribution < -0.4 is 10.2 Å². The SMILES string of the molecule is C=C1C=C(Sc2ccc(NC=O)cc2)c2ccccc2N1C.CC1CCCCN1C(=O)OC(C)(C)C. The number of amides is 2. The molecule has 2 aromatic carbocycles. The number of ether oxygens (including phenoxy) is 1. The van der Waals surface area contributed by atoms with Gasteiger partial charge in [0.05, 0.1) is 0 Å². The number of benzene rings is 2. The van der Waals surface area contributed by atoms with Gasteiger partial charge in [-0.2, -0.15) is 0 Å². The fraction of sp³-hybridized carbons (Fsp3) is 0.379. The number of carbonyl (C=O) groups excluding carboxylic acids is 2. The van der Waals surface area contributed by atoms with Crippen molar-refractivity contribution in [3.8, 4) is 0 Å². The van der Waals surface area contributed by atoms with Gasteiger partial charge in [0.1, 0.15) is 5.60 Å². The van der Waals surface area contributed by atoms with Gasteiger partial charge in [0.2, 0.25) is 6.41 Å². The topological polar surface area (TPSA) is 61.9 Å². The summed E-state index contributed by atoms with van der Waals surface area (Å²) in [5.41, 5.74) is 3.75. The Kier molecular flexibility index (Phi) is 9.26. The van der Waals surface area contributed by atoms with Gasteiger partial charge in [0.25, 0.3) is 0 Å². The Morgan fingerprint density at radius 1 is 1.14 bits per heavy atom. The van der Waals surface area contributed by atoms with Crippen LogP contribution in [-0.4, -0.2) is 42.6 Å². The number of para-hydroxylation sites is 1. The van der Waals surface area contributed by atoms with Gasteiger partial charge in [0.15, 0.2) is 0 Å². The maximum Gasteiger partial charge on any atom is 0.410 e. The van der Waals surface area contributed by atoms with Crippen LogP contribution in [0.4, 0.5) is 16.2 Å². The third kappa shape index (κ3) is 7.40. The Balaban J connectivity index is 0.000000223. The van der Waals surface area contributed by atoms with Crippen LogP contribution in [0.2, 0.25) is 0 Å². The van der Waals surface area contributed by atoms with E-state index in [1.54, 1.807) is 11.8 Å². The second-order valence-electron chi connectivity index (χ2n) is 9.98. The molecular formula is C29H37N3O3S. The predicted octanol–water partition coefficient (Wildman–Crippen LogP) is 7.15. The molecule has 0 bridgehead atoms. The molecule has 192 valence electrons. The largest absolute Gasteiger partial charge is 0.444 e. The zero-order valence-corrected chi connectivity index (χ0v) is 22.7. The molecule has 0 radical (unpaired) electrons. The number of carbonyl (C=O) groups is 2. The summed E-state index contributed by atoms with van der Waals surface area (Å²) in [7, 11) is 2.03. The molecule has 1 unspecified atom stereocenters. The van der Waals surface area contributed by atoms with E-state index in [0.29, 0.717) is 12.5 Å². The van der Waals surface area contributed by atoms with Crippen LogP contribution in [0.15, 0.2) is 71.8 Å². The summed E-state index contributed by atoms with van der Waals surface area (Å²) in [6, 6.07) is 16.4. The van der Waals surface area contributed by atoms with Crippen LogP contribution >= 0.6 is 11.8 Å². The summed E-state index contributed by atoms with van der Waals surface area (Å²) in [5, 5.41) is 2.64. The summed E-state index contributed by atoms with van der Waals surface area (Å²) < 4.78 is 5.33. The van der Waals surface area contributed by atoms with Crippen LogP contribution in [0.3, 0.4) is 0 Å². The highest BCUT2D eigenvalue weighted by molar-refractivity contribution is 8.08. The summed E-state index contributed by atoms with van der Waals surface area (Å²) >= 11 is 1.70. The molecule has 0 saturated carbocycles. The molecule has 2 amide bonds. The Bertz CT molecular complexity index is 1110. The lowest BCUT2D eigenvalue weighted by Crippen LogP contribution is -2.44. The van der Waals surface area contributed by atoms with E-state index >= 15 is 0 Å². The lowest BCUT2D eigenvalue weighted by molar-refractivity contribution is -0.105. The lowest BCUT2D eigenvalue weighted by atomic mass is 10.0. The van der Waals surface area contributed by atoms with Crippen molar-refractivity contribution in [2.45, 2.75) is 63.5 Å². The van der Waals surface area contributed by atoms with Gasteiger partial charge in [-0.25, -0.2) is 4.79 Å². The average molecular weight is 508 g/mol. The highest BCUT2D eigenvalue weighted by atomic mass is 32.2. The van der Waals surface area contributed by atoms with Crippen molar-refractivity contribution in [1.82, 2.24) is 4.90 Å². The highest BCUT2D eigenvalue weighted by Gasteiger charge is 2.27. The highest BCUT2D eigenvalue weighted by Crippen LogP contribution is 2.43. The lowest BCUT2D eigenvalue weighted by Gasteiger charge is -2.34. The van der Waals surface area contributed by atoms with E-state index < -0.39 is 0 Å². The molecule has 2 aliphatic rings. The first kappa shape index (κ1) is 27.4. The van der Waals surface area contributed by atoms with Gasteiger partial charge in [-0.05, 0) is 83.4 Å². The smallest absolute Gasteiger partial charge is 0.410 e. The van der Waals surface area contributed by atoms with E-state index in [0.717, 1.165) is 41.4 Å². The van der Waals surface area contributed by atoms with E-state index in [1.165, 1.54) is 16.9 Å². The zero-order valence-electron chi connectivity index (χ0n) is 21.9. The third-order valence-electron chi connectivity index (χ3n) is 6.00. The molecule has 4 rings (SSSR count). The summed E-state index contributed by atoms with van der Waals surface area (Å²) in [6.07, 6.45) is 6.04. The summed E-state index contributed by atoms with van der Waals surface area (Å²) in [4.78, 5) is 28.4. The molecule has 2 aromatic rings. The number of anilines is 2. The normalized spacial score (nSPS) is 17.3. The van der Waals surface area contributed by atoms with Crippen molar-refractivity contribution < 1.29 is 14.3 Å². The Hall–Kier alpha value is -3.19. The van der Waals surface area contributed by atoms with Crippen molar-refractivity contribution in [2.75, 3.05) is 23.8 Å². The second kappa shape index (κ2) is 12.2. The van der Waals surface area contributed by atoms with Crippen LogP contribution in [0.5, 0.6) is 0 Å². The minimum absolute atomic E-state index is 0.162. The number of fused-ring (bicyclic) bond motifs is 1. The van der Waals surface area contributed by atoms with Gasteiger partial charge >= 0.3 is 6.09 Å². The fourth-order valence-corrected chi connectivity index (χ4v) is 5.05. The molecule has 1 N–H and O–H groups in total. The number of nitrogens with zero attached hydrogens (tertiary/aromatic N) is 2. The molecule has 7 heteroatoms. The van der Waals surface area contributed by atoms with Crippen molar-refractivity contribution >= 4 is 40.5 Å². The fourth-order valence-electron chi connectivity index (χ4n) is 4.04. The quantitative estimate of drug-likeness (QED) is 0.445. The molecule has 1 atom stereocenters. The molecule has 6 nitrogen and oxygen atoms in total. The molecule has 36 heavy (non-hydrogen) atoms. The summed E-state index contributed by atoms with van der Waals surface area (Å²) in [5.74, 6) is 0. The van der Waals surface area contributed by atoms with E-state index in [1.807, 2.05) is 69.1 Å². The standard InChI is InChI=1S/C18H16N2OS.C11H21NO2/c1-13-11-18(16-5-3-4-6-17(16)20(13)2)22-15-9-7-14(8-10-15)19-12-21;1-9-7-5-6-8-12(9)10(13)14-11(2,3)4/h3-12H,1H2,2H3,(H,19,21);9H,5-8H2,1-4H3. The minimum atomic E-state index is -0.381. The monoisotopic (exact) mass is 507 g/mol. The first-order valence-electron chi connectivity index (χ1n) is 12.3. The van der Waals surface area contributed by atoms with Crippen molar-refractivity contribution in [3.63, 3.8) is 0 Å². The number of hydrogen-bond donors (Lipinski definition) is 1. The third-order valence-corrected chi connectivity index (χ3v) is 7.06. The summed E-state index contributed by atoms with van der Waals surface area (Å²) in [6.45, 7) is 12.7.